The van der Waals surface area contributed by atoms with Crippen LogP contribution in [0.4, 0.5) is 0 Å². The molecule has 0 spiro atoms. The molecule has 7 atom stereocenters. The topological polar surface area (TPSA) is 69.6 Å². The van der Waals surface area contributed by atoms with E-state index in [0.717, 1.165) is 44.3 Å². The first-order valence-electron chi connectivity index (χ1n) is 14.6. The van der Waals surface area contributed by atoms with E-state index in [1.54, 1.807) is 0 Å². The molecule has 3 fully saturated rings. The molecule has 2 aromatic carbocycles. The number of fused-ring (bicyclic) bond motifs is 1. The lowest BCUT2D eigenvalue weighted by molar-refractivity contribution is -0.0933. The number of rotatable bonds is 8. The number of hydrogen-bond acceptors (Lipinski definition) is 4. The van der Waals surface area contributed by atoms with Crippen LogP contribution < -0.4 is 5.32 Å². The summed E-state index contributed by atoms with van der Waals surface area (Å²) in [6.07, 6.45) is 6.94. The van der Waals surface area contributed by atoms with Crippen LogP contribution in [0, 0.1) is 34.5 Å². The third kappa shape index (κ3) is 5.03. The largest absolute Gasteiger partial charge is 0.396 e. The van der Waals surface area contributed by atoms with Gasteiger partial charge in [0.25, 0.3) is 0 Å². The van der Waals surface area contributed by atoms with Gasteiger partial charge in [-0.15, -0.1) is 0 Å². The van der Waals surface area contributed by atoms with Crippen LogP contribution in [0.5, 0.6) is 0 Å². The van der Waals surface area contributed by atoms with E-state index in [-0.39, 0.29) is 35.2 Å². The maximum absolute atomic E-state index is 12.8. The van der Waals surface area contributed by atoms with Gasteiger partial charge in [-0.05, 0) is 91.6 Å². The van der Waals surface area contributed by atoms with Crippen LogP contribution in [-0.4, -0.2) is 35.3 Å². The average molecular weight is 516 g/mol. The third-order valence-electron chi connectivity index (χ3n) is 10.9. The normalized spacial score (nSPS) is 35.2. The average Bonchev–Trinajstić information content (AvgIpc) is 3.24. The Hall–Kier alpha value is -2.27. The quantitative estimate of drug-likeness (QED) is 0.291. The van der Waals surface area contributed by atoms with Crippen LogP contribution in [-0.2, 0) is 6.54 Å². The summed E-state index contributed by atoms with van der Waals surface area (Å²) in [6, 6.07) is 17.4. The zero-order valence-corrected chi connectivity index (χ0v) is 23.2. The van der Waals surface area contributed by atoms with Crippen molar-refractivity contribution in [3.8, 4) is 0 Å². The lowest BCUT2D eigenvalue weighted by Gasteiger charge is -2.56. The predicted molar refractivity (Wildman–Crippen MR) is 153 cm³/mol. The zero-order chi connectivity index (χ0) is 26.9. The second-order valence-electron chi connectivity index (χ2n) is 12.8. The highest BCUT2D eigenvalue weighted by Gasteiger charge is 2.56. The Morgan fingerprint density at radius 1 is 0.974 bits per heavy atom. The Morgan fingerprint density at radius 3 is 2.39 bits per heavy atom. The van der Waals surface area contributed by atoms with Gasteiger partial charge in [-0.2, -0.15) is 0 Å². The Labute approximate surface area is 228 Å². The van der Waals surface area contributed by atoms with Gasteiger partial charge in [-0.3, -0.25) is 4.79 Å². The Balaban J connectivity index is 1.30. The first-order valence-corrected chi connectivity index (χ1v) is 14.6. The van der Waals surface area contributed by atoms with E-state index in [1.807, 2.05) is 42.5 Å². The summed E-state index contributed by atoms with van der Waals surface area (Å²) in [4.78, 5) is 12.8. The molecule has 0 unspecified atom stereocenters. The van der Waals surface area contributed by atoms with Crippen molar-refractivity contribution in [2.24, 2.45) is 34.5 Å². The second kappa shape index (κ2) is 11.1. The van der Waals surface area contributed by atoms with Crippen LogP contribution in [0.2, 0.25) is 0 Å². The molecule has 38 heavy (non-hydrogen) atoms. The maximum atomic E-state index is 12.8. The van der Waals surface area contributed by atoms with E-state index in [0.29, 0.717) is 29.7 Å². The lowest BCUT2D eigenvalue weighted by Crippen LogP contribution is -2.53. The first-order chi connectivity index (χ1) is 18.3. The molecule has 204 valence electrons. The summed E-state index contributed by atoms with van der Waals surface area (Å²) < 4.78 is 0. The molecule has 0 aliphatic heterocycles. The summed E-state index contributed by atoms with van der Waals surface area (Å²) in [5, 5.41) is 24.5. The highest BCUT2D eigenvalue weighted by Crippen LogP contribution is 2.63. The van der Waals surface area contributed by atoms with Gasteiger partial charge in [0.1, 0.15) is 0 Å². The number of nitrogens with one attached hydrogen (secondary N) is 1. The lowest BCUT2D eigenvalue weighted by atomic mass is 9.49. The summed E-state index contributed by atoms with van der Waals surface area (Å²) in [5.74, 6) is 1.86. The molecule has 0 saturated heterocycles. The standard InChI is InChI=1S/C34H45NO3/c1-23-9-14-30-29(31(16-18-33(23,30)2)34(3)17-15-28(37)19-27(34)22-36)21-35-20-24-10-12-26(13-11-24)32(38)25-7-5-4-6-8-25/h4-8,10-13,27-31,35-37H,1,9,14-22H2,2-3H3/t27-,28+,29+,30+,31+,33-,34-/m1/s1. The third-order valence-corrected chi connectivity index (χ3v) is 10.9. The fourth-order valence-corrected chi connectivity index (χ4v) is 8.38. The molecule has 4 nitrogen and oxygen atoms in total. The van der Waals surface area contributed by atoms with Crippen molar-refractivity contribution in [2.75, 3.05) is 13.2 Å². The fourth-order valence-electron chi connectivity index (χ4n) is 8.38. The van der Waals surface area contributed by atoms with Gasteiger partial charge in [0, 0.05) is 24.3 Å². The van der Waals surface area contributed by atoms with E-state index < -0.39 is 0 Å². The Kier molecular flexibility index (Phi) is 7.96. The molecule has 0 aromatic heterocycles. The minimum absolute atomic E-state index is 0.0467. The number of carbonyl (C=O) groups excluding carboxylic acids is 1. The van der Waals surface area contributed by atoms with Crippen molar-refractivity contribution >= 4 is 5.78 Å². The summed E-state index contributed by atoms with van der Waals surface area (Å²) in [6.45, 7) is 11.2. The van der Waals surface area contributed by atoms with Crippen molar-refractivity contribution in [2.45, 2.75) is 71.4 Å². The second-order valence-corrected chi connectivity index (χ2v) is 12.8. The van der Waals surface area contributed by atoms with Crippen LogP contribution in [0.25, 0.3) is 0 Å². The van der Waals surface area contributed by atoms with E-state index in [4.69, 9.17) is 0 Å². The SMILES string of the molecule is C=C1CC[C@H]2[C@H](CNCc3ccc(C(=O)c4ccccc4)cc3)[C@@H]([C@]3(C)CC[C@H](O)C[C@@H]3CO)CC[C@]12C. The van der Waals surface area contributed by atoms with Gasteiger partial charge in [-0.1, -0.05) is 80.6 Å². The minimum atomic E-state index is -0.284. The van der Waals surface area contributed by atoms with Crippen LogP contribution in [0.15, 0.2) is 66.7 Å². The Morgan fingerprint density at radius 2 is 1.68 bits per heavy atom. The zero-order valence-electron chi connectivity index (χ0n) is 23.2. The van der Waals surface area contributed by atoms with Gasteiger partial charge >= 0.3 is 0 Å². The molecular weight excluding hydrogens is 470 g/mol. The van der Waals surface area contributed by atoms with E-state index in [1.165, 1.54) is 24.0 Å². The van der Waals surface area contributed by atoms with Crippen LogP contribution >= 0.6 is 0 Å². The predicted octanol–water partition coefficient (Wildman–Crippen LogP) is 6.17. The number of carbonyl (C=O) groups is 1. The van der Waals surface area contributed by atoms with Crippen molar-refractivity contribution in [1.29, 1.82) is 0 Å². The van der Waals surface area contributed by atoms with E-state index >= 15 is 0 Å². The van der Waals surface area contributed by atoms with Crippen molar-refractivity contribution in [3.05, 3.63) is 83.4 Å². The molecule has 3 aliphatic rings. The molecule has 0 amide bonds. The number of aliphatic hydroxyl groups is 2. The highest BCUT2D eigenvalue weighted by molar-refractivity contribution is 6.08. The van der Waals surface area contributed by atoms with Crippen molar-refractivity contribution in [1.82, 2.24) is 5.32 Å². The number of hydrogen-bond donors (Lipinski definition) is 3. The number of benzene rings is 2. The molecule has 5 rings (SSSR count). The smallest absolute Gasteiger partial charge is 0.193 e. The van der Waals surface area contributed by atoms with Gasteiger partial charge in [0.2, 0.25) is 0 Å². The first kappa shape index (κ1) is 27.3. The molecule has 3 aliphatic carbocycles. The van der Waals surface area contributed by atoms with Gasteiger partial charge in [0.15, 0.2) is 5.78 Å². The highest BCUT2D eigenvalue weighted by atomic mass is 16.3. The molecular formula is C34H45NO3. The Bertz CT molecular complexity index is 1130. The molecule has 2 aromatic rings. The van der Waals surface area contributed by atoms with E-state index in [2.05, 4.69) is 37.9 Å². The molecule has 3 saturated carbocycles. The number of allylic oxidation sites excluding steroid dienone is 1. The molecule has 0 radical (unpaired) electrons. The summed E-state index contributed by atoms with van der Waals surface area (Å²) in [5.41, 5.74) is 4.29. The van der Waals surface area contributed by atoms with Gasteiger partial charge in [0.05, 0.1) is 6.10 Å². The summed E-state index contributed by atoms with van der Waals surface area (Å²) in [7, 11) is 0. The van der Waals surface area contributed by atoms with Crippen LogP contribution in [0.1, 0.15) is 80.3 Å². The maximum Gasteiger partial charge on any atom is 0.193 e. The van der Waals surface area contributed by atoms with Crippen LogP contribution in [0.3, 0.4) is 0 Å². The van der Waals surface area contributed by atoms with Gasteiger partial charge in [-0.25, -0.2) is 0 Å². The molecule has 0 bridgehead atoms. The number of ketones is 1. The molecule has 4 heteroatoms. The summed E-state index contributed by atoms with van der Waals surface area (Å²) >= 11 is 0. The fraction of sp³-hybridized carbons (Fsp3) is 0.559. The number of aliphatic hydroxyl groups excluding tert-OH is 2. The van der Waals surface area contributed by atoms with Crippen molar-refractivity contribution in [3.63, 3.8) is 0 Å². The van der Waals surface area contributed by atoms with E-state index in [9.17, 15) is 15.0 Å². The monoisotopic (exact) mass is 515 g/mol. The van der Waals surface area contributed by atoms with Gasteiger partial charge < -0.3 is 15.5 Å². The van der Waals surface area contributed by atoms with Crippen molar-refractivity contribution < 1.29 is 15.0 Å². The minimum Gasteiger partial charge on any atom is -0.396 e. The molecule has 3 N–H and O–H groups in total. The molecule has 0 heterocycles.